The smallest absolute Gasteiger partial charge is 0.199 e. The minimum absolute atomic E-state index is 0.120. The third-order valence-corrected chi connectivity index (χ3v) is 8.74. The minimum atomic E-state index is -1.90. The lowest BCUT2D eigenvalue weighted by atomic mass is 10.0. The van der Waals surface area contributed by atoms with Gasteiger partial charge in [0.15, 0.2) is 11.7 Å². The van der Waals surface area contributed by atoms with Crippen molar-refractivity contribution in [2.24, 2.45) is 7.05 Å². The van der Waals surface area contributed by atoms with E-state index >= 15 is 0 Å². The molecule has 1 saturated heterocycles. The lowest BCUT2D eigenvalue weighted by Crippen LogP contribution is -2.36. The fraction of sp³-hybridized carbons (Fsp3) is 0.367. The van der Waals surface area contributed by atoms with E-state index in [1.54, 1.807) is 37.1 Å². The maximum Gasteiger partial charge on any atom is 0.199 e. The van der Waals surface area contributed by atoms with Gasteiger partial charge < -0.3 is 30.0 Å². The second-order valence-corrected chi connectivity index (χ2v) is 11.3. The average molecular weight is 558 g/mol. The molecule has 2 fully saturated rings. The van der Waals surface area contributed by atoms with Gasteiger partial charge in [-0.25, -0.2) is 14.4 Å². The van der Waals surface area contributed by atoms with E-state index in [-0.39, 0.29) is 16.8 Å². The van der Waals surface area contributed by atoms with Crippen molar-refractivity contribution in [1.29, 1.82) is 0 Å². The Balaban J connectivity index is 1.48. The van der Waals surface area contributed by atoms with E-state index < -0.39 is 11.7 Å². The van der Waals surface area contributed by atoms with Crippen LogP contribution >= 0.6 is 0 Å². The summed E-state index contributed by atoms with van der Waals surface area (Å²) in [6.07, 6.45) is 6.44. The van der Waals surface area contributed by atoms with Crippen molar-refractivity contribution in [2.75, 3.05) is 37.4 Å². The number of aliphatic hydroxyl groups excluding tert-OH is 1. The zero-order valence-corrected chi connectivity index (χ0v) is 23.1. The first-order valence-corrected chi connectivity index (χ1v) is 13.9. The van der Waals surface area contributed by atoms with E-state index in [9.17, 15) is 19.4 Å². The van der Waals surface area contributed by atoms with Crippen LogP contribution in [0.5, 0.6) is 0 Å². The maximum atomic E-state index is 14.9. The summed E-state index contributed by atoms with van der Waals surface area (Å²) in [5, 5.41) is 24.5. The summed E-state index contributed by atoms with van der Waals surface area (Å²) in [5.41, 5.74) is 4.24. The van der Waals surface area contributed by atoms with E-state index in [0.29, 0.717) is 34.6 Å². The summed E-state index contributed by atoms with van der Waals surface area (Å²) < 4.78 is 16.5. The van der Waals surface area contributed by atoms with Gasteiger partial charge in [0.05, 0.1) is 33.2 Å². The molecule has 0 bridgehead atoms. The summed E-state index contributed by atoms with van der Waals surface area (Å²) >= 11 is 0. The predicted octanol–water partition coefficient (Wildman–Crippen LogP) is 3.47. The van der Waals surface area contributed by atoms with Crippen molar-refractivity contribution in [3.8, 4) is 11.1 Å². The number of aliphatic hydroxyl groups is 2. The molecule has 0 spiro atoms. The Kier molecular flexibility index (Phi) is 6.00. The molecule has 11 heteroatoms. The van der Waals surface area contributed by atoms with Crippen LogP contribution in [0, 0.1) is 5.82 Å². The van der Waals surface area contributed by atoms with Crippen LogP contribution in [-0.2, 0) is 7.05 Å². The van der Waals surface area contributed by atoms with E-state index in [1.165, 1.54) is 31.2 Å². The zero-order valence-electron chi connectivity index (χ0n) is 23.1. The number of rotatable bonds is 6. The number of aromatic amines is 1. The maximum absolute atomic E-state index is 14.9. The molecule has 1 saturated carbocycles. The van der Waals surface area contributed by atoms with Gasteiger partial charge in [-0.3, -0.25) is 9.69 Å². The fourth-order valence-electron chi connectivity index (χ4n) is 6.42. The van der Waals surface area contributed by atoms with Crippen LogP contribution in [0.25, 0.3) is 44.1 Å². The molecule has 1 atom stereocenters. The standard InChI is InChI=1S/C30H32FN7O3/c1-32-23-10-16(31)9-19-24-26(38-7-6-18(13-38)37(3)17-4-5-17)21(12-33-28(24)35-25(19)23)15-8-20-27(39)22(30(40)41)14-36(2)29(20)34-11-15/h8-12,14,17-18,30,32,40-41H,4-7,13H2,1-3H3,(H,33,35). The molecule has 4 aromatic heterocycles. The van der Waals surface area contributed by atoms with Gasteiger partial charge in [-0.2, -0.15) is 0 Å². The molecule has 41 heavy (non-hydrogen) atoms. The summed E-state index contributed by atoms with van der Waals surface area (Å²) in [7, 11) is 5.67. The highest BCUT2D eigenvalue weighted by Gasteiger charge is 2.36. The Bertz CT molecular complexity index is 1900. The van der Waals surface area contributed by atoms with Gasteiger partial charge >= 0.3 is 0 Å². The Morgan fingerprint density at radius 2 is 1.93 bits per heavy atom. The topological polar surface area (TPSA) is 123 Å². The second-order valence-electron chi connectivity index (χ2n) is 11.3. The normalized spacial score (nSPS) is 17.7. The van der Waals surface area contributed by atoms with Crippen molar-refractivity contribution >= 4 is 44.3 Å². The SMILES string of the molecule is CNc1cc(F)cc2c1[nH]c1ncc(-c3cnc4c(c3)c(=O)c(C(O)O)cn4C)c(N3CCC(N(C)C4CC4)C3)c12. The third kappa shape index (κ3) is 4.14. The molecule has 4 N–H and O–H groups in total. The monoisotopic (exact) mass is 557 g/mol. The molecule has 7 rings (SSSR count). The van der Waals surface area contributed by atoms with E-state index in [4.69, 9.17) is 4.98 Å². The Morgan fingerprint density at radius 3 is 2.66 bits per heavy atom. The molecule has 5 heterocycles. The first-order valence-electron chi connectivity index (χ1n) is 13.9. The van der Waals surface area contributed by atoms with Crippen molar-refractivity contribution < 1.29 is 14.6 Å². The van der Waals surface area contributed by atoms with Crippen molar-refractivity contribution in [3.05, 3.63) is 58.4 Å². The average Bonchev–Trinajstić information content (AvgIpc) is 3.58. The number of hydrogen-bond donors (Lipinski definition) is 4. The highest BCUT2D eigenvalue weighted by atomic mass is 19.1. The molecule has 10 nitrogen and oxygen atoms in total. The predicted molar refractivity (Wildman–Crippen MR) is 158 cm³/mol. The van der Waals surface area contributed by atoms with Crippen molar-refractivity contribution in [1.82, 2.24) is 24.4 Å². The number of hydrogen-bond acceptors (Lipinski definition) is 8. The van der Waals surface area contributed by atoms with Gasteiger partial charge in [0.2, 0.25) is 0 Å². The summed E-state index contributed by atoms with van der Waals surface area (Å²) in [5.74, 6) is -0.349. The molecule has 5 aromatic rings. The number of nitrogens with zero attached hydrogens (tertiary/aromatic N) is 5. The highest BCUT2D eigenvalue weighted by Crippen LogP contribution is 2.44. The van der Waals surface area contributed by atoms with Gasteiger partial charge in [0, 0.05) is 74.4 Å². The van der Waals surface area contributed by atoms with Gasteiger partial charge in [-0.1, -0.05) is 0 Å². The first-order chi connectivity index (χ1) is 19.7. The molecule has 1 aliphatic heterocycles. The van der Waals surface area contributed by atoms with Crippen molar-refractivity contribution in [2.45, 2.75) is 37.6 Å². The number of halogens is 1. The summed E-state index contributed by atoms with van der Waals surface area (Å²) in [6.45, 7) is 1.63. The van der Waals surface area contributed by atoms with Gasteiger partial charge in [0.1, 0.15) is 17.1 Å². The largest absolute Gasteiger partial charge is 0.386 e. The number of aromatic nitrogens is 4. The number of benzene rings is 1. The van der Waals surface area contributed by atoms with Crippen LogP contribution in [0.3, 0.4) is 0 Å². The highest BCUT2D eigenvalue weighted by molar-refractivity contribution is 6.17. The lowest BCUT2D eigenvalue weighted by molar-refractivity contribution is -0.0435. The first kappa shape index (κ1) is 25.9. The van der Waals surface area contributed by atoms with E-state index in [2.05, 4.69) is 32.1 Å². The Hall–Kier alpha value is -4.06. The fourth-order valence-corrected chi connectivity index (χ4v) is 6.42. The molecule has 1 aliphatic carbocycles. The molecular weight excluding hydrogens is 525 g/mol. The van der Waals surface area contributed by atoms with Gasteiger partial charge in [-0.05, 0) is 44.5 Å². The molecule has 1 aromatic carbocycles. The summed E-state index contributed by atoms with van der Waals surface area (Å²) in [6, 6.07) is 5.77. The number of pyridine rings is 3. The Labute approximate surface area is 235 Å². The number of likely N-dealkylation sites (N-methyl/N-ethyl adjacent to an activating group) is 1. The third-order valence-electron chi connectivity index (χ3n) is 8.74. The van der Waals surface area contributed by atoms with E-state index in [0.717, 1.165) is 47.1 Å². The van der Waals surface area contributed by atoms with Crippen LogP contribution in [-0.4, -0.2) is 73.9 Å². The molecule has 1 unspecified atom stereocenters. The van der Waals surface area contributed by atoms with Crippen LogP contribution < -0.4 is 15.6 Å². The van der Waals surface area contributed by atoms with Crippen LogP contribution in [0.4, 0.5) is 15.8 Å². The minimum Gasteiger partial charge on any atom is -0.386 e. The lowest BCUT2D eigenvalue weighted by Gasteiger charge is -2.27. The second kappa shape index (κ2) is 9.51. The molecular formula is C30H32FN7O3. The number of aryl methyl sites for hydroxylation is 1. The van der Waals surface area contributed by atoms with Crippen LogP contribution in [0.2, 0.25) is 0 Å². The number of anilines is 2. The number of nitrogens with one attached hydrogen (secondary N) is 2. The van der Waals surface area contributed by atoms with Crippen LogP contribution in [0.1, 0.15) is 31.1 Å². The quantitative estimate of drug-likeness (QED) is 0.234. The van der Waals surface area contributed by atoms with E-state index in [1.807, 2.05) is 0 Å². The Morgan fingerprint density at radius 1 is 1.12 bits per heavy atom. The van der Waals surface area contributed by atoms with Crippen LogP contribution in [0.15, 0.2) is 41.6 Å². The molecule has 212 valence electrons. The molecule has 2 aliphatic rings. The zero-order chi connectivity index (χ0) is 28.6. The van der Waals surface area contributed by atoms with Gasteiger partial charge in [0.25, 0.3) is 0 Å². The van der Waals surface area contributed by atoms with Crippen molar-refractivity contribution in [3.63, 3.8) is 0 Å². The molecule has 0 radical (unpaired) electrons. The summed E-state index contributed by atoms with van der Waals surface area (Å²) in [4.78, 5) is 30.8. The number of fused-ring (bicyclic) bond motifs is 4. The molecule has 0 amide bonds. The van der Waals surface area contributed by atoms with Gasteiger partial charge in [-0.15, -0.1) is 0 Å². The number of H-pyrrole nitrogens is 1.